The highest BCUT2D eigenvalue weighted by molar-refractivity contribution is 6.48. The summed E-state index contributed by atoms with van der Waals surface area (Å²) in [6.07, 6.45) is 1.53. The highest BCUT2D eigenvalue weighted by Gasteiger charge is 2.20. The van der Waals surface area contributed by atoms with Gasteiger partial charge < -0.3 is 10.3 Å². The fraction of sp³-hybridized carbons (Fsp3) is 0.0588. The molecule has 0 spiro atoms. The SMILES string of the molecule is Cc1ccc(NC(=O)C(=O)c2c[nH]c3ccc(Cl)cc23)cc1. The van der Waals surface area contributed by atoms with Crippen molar-refractivity contribution in [3.8, 4) is 0 Å². The van der Waals surface area contributed by atoms with E-state index in [2.05, 4.69) is 10.3 Å². The summed E-state index contributed by atoms with van der Waals surface area (Å²) < 4.78 is 0. The van der Waals surface area contributed by atoms with E-state index in [9.17, 15) is 9.59 Å². The van der Waals surface area contributed by atoms with Crippen molar-refractivity contribution >= 4 is 39.9 Å². The van der Waals surface area contributed by atoms with Gasteiger partial charge in [-0.25, -0.2) is 0 Å². The maximum Gasteiger partial charge on any atom is 0.296 e. The van der Waals surface area contributed by atoms with Gasteiger partial charge in [0.25, 0.3) is 11.7 Å². The number of anilines is 1. The number of ketones is 1. The molecule has 22 heavy (non-hydrogen) atoms. The van der Waals surface area contributed by atoms with Crippen molar-refractivity contribution < 1.29 is 9.59 Å². The molecule has 0 aliphatic rings. The van der Waals surface area contributed by atoms with Crippen LogP contribution in [0.5, 0.6) is 0 Å². The number of aromatic nitrogens is 1. The Morgan fingerprint density at radius 1 is 1.09 bits per heavy atom. The van der Waals surface area contributed by atoms with Gasteiger partial charge in [0, 0.05) is 27.8 Å². The van der Waals surface area contributed by atoms with Crippen LogP contribution in [0.15, 0.2) is 48.7 Å². The molecule has 1 amide bonds. The Morgan fingerprint density at radius 3 is 2.55 bits per heavy atom. The highest BCUT2D eigenvalue weighted by atomic mass is 35.5. The van der Waals surface area contributed by atoms with Gasteiger partial charge in [-0.05, 0) is 37.3 Å². The first-order valence-electron chi connectivity index (χ1n) is 6.73. The molecule has 0 radical (unpaired) electrons. The van der Waals surface area contributed by atoms with Crippen LogP contribution in [0.3, 0.4) is 0 Å². The second-order valence-corrected chi connectivity index (χ2v) is 5.48. The van der Waals surface area contributed by atoms with Crippen LogP contribution in [0.4, 0.5) is 5.69 Å². The van der Waals surface area contributed by atoms with E-state index in [1.165, 1.54) is 6.20 Å². The molecular weight excluding hydrogens is 300 g/mol. The Balaban J connectivity index is 1.87. The molecule has 3 rings (SSSR count). The van der Waals surface area contributed by atoms with Gasteiger partial charge in [-0.15, -0.1) is 0 Å². The molecule has 4 nitrogen and oxygen atoms in total. The fourth-order valence-electron chi connectivity index (χ4n) is 2.23. The molecule has 0 fully saturated rings. The zero-order chi connectivity index (χ0) is 15.7. The first kappa shape index (κ1) is 14.4. The van der Waals surface area contributed by atoms with Gasteiger partial charge in [-0.3, -0.25) is 9.59 Å². The Hall–Kier alpha value is -2.59. The molecule has 0 aliphatic carbocycles. The number of fused-ring (bicyclic) bond motifs is 1. The minimum absolute atomic E-state index is 0.308. The Labute approximate surface area is 132 Å². The van der Waals surface area contributed by atoms with Crippen molar-refractivity contribution in [2.75, 3.05) is 5.32 Å². The second-order valence-electron chi connectivity index (χ2n) is 5.04. The Morgan fingerprint density at radius 2 is 1.82 bits per heavy atom. The van der Waals surface area contributed by atoms with Crippen LogP contribution in [0, 0.1) is 6.92 Å². The van der Waals surface area contributed by atoms with Crippen molar-refractivity contribution in [1.82, 2.24) is 4.98 Å². The number of carbonyl (C=O) groups is 2. The molecule has 2 N–H and O–H groups in total. The molecule has 0 atom stereocenters. The molecule has 0 bridgehead atoms. The van der Waals surface area contributed by atoms with Gasteiger partial charge in [0.1, 0.15) is 0 Å². The normalized spacial score (nSPS) is 10.6. The summed E-state index contributed by atoms with van der Waals surface area (Å²) in [6.45, 7) is 1.95. The monoisotopic (exact) mass is 312 g/mol. The number of aromatic amines is 1. The van der Waals surface area contributed by atoms with Gasteiger partial charge >= 0.3 is 0 Å². The molecule has 0 saturated heterocycles. The predicted octanol–water partition coefficient (Wildman–Crippen LogP) is 3.95. The smallest absolute Gasteiger partial charge is 0.296 e. The summed E-state index contributed by atoms with van der Waals surface area (Å²) in [6, 6.07) is 12.4. The molecule has 0 aliphatic heterocycles. The largest absolute Gasteiger partial charge is 0.360 e. The lowest BCUT2D eigenvalue weighted by Crippen LogP contribution is -2.22. The van der Waals surface area contributed by atoms with E-state index < -0.39 is 11.7 Å². The van der Waals surface area contributed by atoms with Crippen LogP contribution >= 0.6 is 11.6 Å². The number of Topliss-reactive ketones (excluding diaryl/α,β-unsaturated/α-hetero) is 1. The summed E-state index contributed by atoms with van der Waals surface area (Å²) in [5, 5.41) is 3.75. The first-order valence-corrected chi connectivity index (χ1v) is 7.11. The number of rotatable bonds is 3. The Bertz CT molecular complexity index is 866. The maximum absolute atomic E-state index is 12.3. The van der Waals surface area contributed by atoms with Crippen molar-refractivity contribution in [1.29, 1.82) is 0 Å². The van der Waals surface area contributed by atoms with E-state index in [1.807, 2.05) is 19.1 Å². The summed E-state index contributed by atoms with van der Waals surface area (Å²) in [4.78, 5) is 27.4. The topological polar surface area (TPSA) is 62.0 Å². The van der Waals surface area contributed by atoms with Crippen molar-refractivity contribution in [2.24, 2.45) is 0 Å². The van der Waals surface area contributed by atoms with Crippen LogP contribution < -0.4 is 5.32 Å². The average Bonchev–Trinajstić information content (AvgIpc) is 2.91. The number of halogens is 1. The van der Waals surface area contributed by atoms with Gasteiger partial charge in [0.2, 0.25) is 0 Å². The van der Waals surface area contributed by atoms with E-state index in [1.54, 1.807) is 30.3 Å². The molecule has 0 unspecified atom stereocenters. The zero-order valence-electron chi connectivity index (χ0n) is 11.8. The van der Waals surface area contributed by atoms with E-state index in [0.29, 0.717) is 21.7 Å². The third-order valence-electron chi connectivity index (χ3n) is 3.40. The van der Waals surface area contributed by atoms with Crippen molar-refractivity contribution in [3.05, 3.63) is 64.8 Å². The number of aryl methyl sites for hydroxylation is 1. The van der Waals surface area contributed by atoms with Crippen molar-refractivity contribution in [3.63, 3.8) is 0 Å². The number of hydrogen-bond donors (Lipinski definition) is 2. The standard InChI is InChI=1S/C17H13ClN2O2/c1-10-2-5-12(6-3-10)20-17(22)16(21)14-9-19-15-7-4-11(18)8-13(14)15/h2-9,19H,1H3,(H,20,22). The summed E-state index contributed by atoms with van der Waals surface area (Å²) in [5.41, 5.74) is 2.73. The summed E-state index contributed by atoms with van der Waals surface area (Å²) in [7, 11) is 0. The van der Waals surface area contributed by atoms with Gasteiger partial charge in [-0.2, -0.15) is 0 Å². The van der Waals surface area contributed by atoms with E-state index >= 15 is 0 Å². The third-order valence-corrected chi connectivity index (χ3v) is 3.64. The van der Waals surface area contributed by atoms with Crippen molar-refractivity contribution in [2.45, 2.75) is 6.92 Å². The maximum atomic E-state index is 12.3. The highest BCUT2D eigenvalue weighted by Crippen LogP contribution is 2.23. The fourth-order valence-corrected chi connectivity index (χ4v) is 2.40. The van der Waals surface area contributed by atoms with Crippen LogP contribution in [0.1, 0.15) is 15.9 Å². The lowest BCUT2D eigenvalue weighted by molar-refractivity contribution is -0.112. The number of benzene rings is 2. The Kier molecular flexibility index (Phi) is 3.69. The predicted molar refractivity (Wildman–Crippen MR) is 87.4 cm³/mol. The molecule has 1 aromatic heterocycles. The van der Waals surface area contributed by atoms with E-state index in [0.717, 1.165) is 11.1 Å². The van der Waals surface area contributed by atoms with E-state index in [-0.39, 0.29) is 0 Å². The third kappa shape index (κ3) is 2.73. The lowest BCUT2D eigenvalue weighted by atomic mass is 10.1. The number of H-pyrrole nitrogens is 1. The van der Waals surface area contributed by atoms with Gasteiger partial charge in [0.15, 0.2) is 0 Å². The lowest BCUT2D eigenvalue weighted by Gasteiger charge is -2.04. The average molecular weight is 313 g/mol. The second kappa shape index (κ2) is 5.66. The molecule has 110 valence electrons. The zero-order valence-corrected chi connectivity index (χ0v) is 12.6. The van der Waals surface area contributed by atoms with Gasteiger partial charge in [0.05, 0.1) is 5.56 Å². The minimum Gasteiger partial charge on any atom is -0.360 e. The summed E-state index contributed by atoms with van der Waals surface area (Å²) >= 11 is 5.95. The van der Waals surface area contributed by atoms with Gasteiger partial charge in [-0.1, -0.05) is 29.3 Å². The summed E-state index contributed by atoms with van der Waals surface area (Å²) in [5.74, 6) is -1.28. The molecule has 1 heterocycles. The number of nitrogens with one attached hydrogen (secondary N) is 2. The molecule has 2 aromatic carbocycles. The number of amides is 1. The molecular formula is C17H13ClN2O2. The van der Waals surface area contributed by atoms with Crippen LogP contribution in [0.2, 0.25) is 5.02 Å². The van der Waals surface area contributed by atoms with E-state index in [4.69, 9.17) is 11.6 Å². The van der Waals surface area contributed by atoms with Crippen LogP contribution in [-0.2, 0) is 4.79 Å². The molecule has 3 aromatic rings. The van der Waals surface area contributed by atoms with Crippen LogP contribution in [-0.4, -0.2) is 16.7 Å². The quantitative estimate of drug-likeness (QED) is 0.568. The van der Waals surface area contributed by atoms with Crippen LogP contribution in [0.25, 0.3) is 10.9 Å². The number of hydrogen-bond acceptors (Lipinski definition) is 2. The minimum atomic E-state index is -0.676. The number of carbonyl (C=O) groups excluding carboxylic acids is 2. The first-order chi connectivity index (χ1) is 10.5. The molecule has 5 heteroatoms. The molecule has 0 saturated carbocycles.